The van der Waals surface area contributed by atoms with Crippen molar-refractivity contribution in [3.8, 4) is 28.7 Å². The predicted molar refractivity (Wildman–Crippen MR) is 119 cm³/mol. The predicted octanol–water partition coefficient (Wildman–Crippen LogP) is 7.05. The summed E-state index contributed by atoms with van der Waals surface area (Å²) in [5, 5.41) is 8.75. The topological polar surface area (TPSA) is 56.7 Å². The van der Waals surface area contributed by atoms with E-state index in [9.17, 15) is 13.2 Å². The van der Waals surface area contributed by atoms with Gasteiger partial charge in [-0.05, 0) is 55.7 Å². The summed E-state index contributed by atoms with van der Waals surface area (Å²) in [6.45, 7) is 1.92. The van der Waals surface area contributed by atoms with Gasteiger partial charge in [0.25, 0.3) is 5.89 Å². The molecule has 2 heterocycles. The number of hydrogen-bond donors (Lipinski definition) is 0. The number of nitrogens with zero attached hydrogens (tertiary/aromatic N) is 4. The highest BCUT2D eigenvalue weighted by Gasteiger charge is 2.68. The van der Waals surface area contributed by atoms with Crippen LogP contribution in [0, 0.1) is 0 Å². The largest absolute Gasteiger partial charge is 0.418 e. The minimum atomic E-state index is -4.45. The van der Waals surface area contributed by atoms with Crippen molar-refractivity contribution in [3.05, 3.63) is 70.2 Å². The molecule has 4 aromatic rings. The molecule has 2 aromatic carbocycles. The van der Waals surface area contributed by atoms with Gasteiger partial charge in [-0.1, -0.05) is 42.3 Å². The Morgan fingerprint density at radius 3 is 2.33 bits per heavy atom. The fourth-order valence-corrected chi connectivity index (χ4v) is 4.24. The van der Waals surface area contributed by atoms with Crippen LogP contribution in [0.15, 0.2) is 52.9 Å². The minimum absolute atomic E-state index is 0.0570. The van der Waals surface area contributed by atoms with Gasteiger partial charge in [0.2, 0.25) is 5.89 Å². The normalized spacial score (nSPS) is 15.1. The molecular formula is C23H17Cl2F3N4O. The number of benzene rings is 2. The highest BCUT2D eigenvalue weighted by molar-refractivity contribution is 6.33. The van der Waals surface area contributed by atoms with E-state index in [1.54, 1.807) is 24.3 Å². The summed E-state index contributed by atoms with van der Waals surface area (Å²) >= 11 is 12.5. The molecule has 1 aliphatic rings. The zero-order chi connectivity index (χ0) is 23.4. The summed E-state index contributed by atoms with van der Waals surface area (Å²) in [6, 6.07) is 14.4. The maximum absolute atomic E-state index is 13.6. The van der Waals surface area contributed by atoms with Crippen LogP contribution in [0.4, 0.5) is 13.2 Å². The van der Waals surface area contributed by atoms with E-state index in [2.05, 4.69) is 10.2 Å². The molecule has 5 rings (SSSR count). The van der Waals surface area contributed by atoms with Crippen LogP contribution in [-0.2, 0) is 11.8 Å². The van der Waals surface area contributed by atoms with E-state index in [1.807, 2.05) is 35.8 Å². The lowest BCUT2D eigenvalue weighted by atomic mass is 10.1. The third-order valence-corrected chi connectivity index (χ3v) is 6.42. The van der Waals surface area contributed by atoms with E-state index in [0.717, 1.165) is 5.69 Å². The molecule has 0 atom stereocenters. The molecule has 0 saturated heterocycles. The van der Waals surface area contributed by atoms with E-state index in [0.29, 0.717) is 39.2 Å². The molecule has 5 nitrogen and oxygen atoms in total. The lowest BCUT2D eigenvalue weighted by Gasteiger charge is -2.14. The molecule has 0 unspecified atom stereocenters. The molecule has 0 amide bonds. The summed E-state index contributed by atoms with van der Waals surface area (Å²) in [5.41, 5.74) is 0.371. The Balaban J connectivity index is 1.71. The van der Waals surface area contributed by atoms with Gasteiger partial charge >= 0.3 is 6.18 Å². The zero-order valence-electron chi connectivity index (χ0n) is 17.3. The second-order valence-electron chi connectivity index (χ2n) is 7.87. The van der Waals surface area contributed by atoms with Gasteiger partial charge in [0.15, 0.2) is 0 Å². The molecule has 33 heavy (non-hydrogen) atoms. The molecule has 0 bridgehead atoms. The van der Waals surface area contributed by atoms with E-state index in [4.69, 9.17) is 32.6 Å². The zero-order valence-corrected chi connectivity index (χ0v) is 18.8. The van der Waals surface area contributed by atoms with E-state index in [-0.39, 0.29) is 18.7 Å². The first-order valence-electron chi connectivity index (χ1n) is 10.3. The molecule has 1 saturated carbocycles. The van der Waals surface area contributed by atoms with Crippen LogP contribution in [0.5, 0.6) is 0 Å². The van der Waals surface area contributed by atoms with Crippen molar-refractivity contribution >= 4 is 23.2 Å². The van der Waals surface area contributed by atoms with Gasteiger partial charge in [-0.2, -0.15) is 13.2 Å². The summed E-state index contributed by atoms with van der Waals surface area (Å²) in [7, 11) is 0. The number of rotatable bonds is 5. The van der Waals surface area contributed by atoms with E-state index >= 15 is 0 Å². The molecule has 0 radical (unpaired) electrons. The average molecular weight is 493 g/mol. The molecular weight excluding hydrogens is 476 g/mol. The Morgan fingerprint density at radius 1 is 1.03 bits per heavy atom. The smallest absolute Gasteiger partial charge is 0.403 e. The van der Waals surface area contributed by atoms with Crippen LogP contribution in [0.2, 0.25) is 10.0 Å². The van der Waals surface area contributed by atoms with Crippen molar-refractivity contribution in [2.24, 2.45) is 0 Å². The van der Waals surface area contributed by atoms with Gasteiger partial charge in [-0.25, -0.2) is 4.98 Å². The number of halogens is 5. The summed E-state index contributed by atoms with van der Waals surface area (Å²) in [5.74, 6) is 0.0252. The first-order chi connectivity index (χ1) is 15.7. The quantitative estimate of drug-likeness (QED) is 0.299. The van der Waals surface area contributed by atoms with Crippen molar-refractivity contribution in [2.75, 3.05) is 0 Å². The summed E-state index contributed by atoms with van der Waals surface area (Å²) in [4.78, 5) is 4.73. The molecule has 0 spiro atoms. The van der Waals surface area contributed by atoms with Gasteiger partial charge in [0.1, 0.15) is 16.9 Å². The SMILES string of the molecule is CCc1c(-c2nnc(C3(C(F)(F)F)CC3)o2)nc(-c2ccccc2Cl)n1-c1ccc(Cl)cc1. The fraction of sp³-hybridized carbons (Fsp3) is 0.261. The highest BCUT2D eigenvalue weighted by atomic mass is 35.5. The number of alkyl halides is 3. The van der Waals surface area contributed by atoms with Crippen LogP contribution in [0.25, 0.3) is 28.7 Å². The molecule has 0 N–H and O–H groups in total. The lowest BCUT2D eigenvalue weighted by molar-refractivity contribution is -0.165. The van der Waals surface area contributed by atoms with Crippen LogP contribution in [0.3, 0.4) is 0 Å². The lowest BCUT2D eigenvalue weighted by Crippen LogP contribution is -2.28. The van der Waals surface area contributed by atoms with Gasteiger partial charge in [0.05, 0.1) is 10.7 Å². The third-order valence-electron chi connectivity index (χ3n) is 5.84. The standard InChI is InChI=1S/C23H17Cl2F3N4O/c1-2-17-18(20-30-31-21(33-20)22(11-12-22)23(26,27)28)29-19(15-5-3-4-6-16(15)25)32(17)14-9-7-13(24)8-10-14/h3-10H,2,11-12H2,1H3. The molecule has 1 aliphatic carbocycles. The molecule has 0 aliphatic heterocycles. The Labute approximate surface area is 197 Å². The van der Waals surface area contributed by atoms with Crippen LogP contribution < -0.4 is 0 Å². The number of hydrogen-bond acceptors (Lipinski definition) is 4. The number of imidazole rings is 1. The van der Waals surface area contributed by atoms with Crippen LogP contribution >= 0.6 is 23.2 Å². The van der Waals surface area contributed by atoms with Gasteiger partial charge in [0, 0.05) is 16.3 Å². The minimum Gasteiger partial charge on any atom is -0.418 e. The summed E-state index contributed by atoms with van der Waals surface area (Å²) < 4.78 is 48.1. The van der Waals surface area contributed by atoms with Crippen molar-refractivity contribution in [1.82, 2.24) is 19.7 Å². The Kier molecular flexibility index (Phi) is 5.25. The van der Waals surface area contributed by atoms with E-state index < -0.39 is 17.5 Å². The molecule has 10 heteroatoms. The summed E-state index contributed by atoms with van der Waals surface area (Å²) in [6.07, 6.45) is -4.08. The second kappa shape index (κ2) is 7.88. The number of aromatic nitrogens is 4. The average Bonchev–Trinajstić information content (AvgIpc) is 3.32. The van der Waals surface area contributed by atoms with Crippen LogP contribution in [-0.4, -0.2) is 25.9 Å². The maximum Gasteiger partial charge on any atom is 0.403 e. The monoisotopic (exact) mass is 492 g/mol. The fourth-order valence-electron chi connectivity index (χ4n) is 3.90. The van der Waals surface area contributed by atoms with Gasteiger partial charge < -0.3 is 4.42 Å². The highest BCUT2D eigenvalue weighted by Crippen LogP contribution is 2.58. The van der Waals surface area contributed by atoms with Crippen molar-refractivity contribution in [3.63, 3.8) is 0 Å². The van der Waals surface area contributed by atoms with Crippen molar-refractivity contribution < 1.29 is 17.6 Å². The molecule has 2 aromatic heterocycles. The van der Waals surface area contributed by atoms with E-state index in [1.165, 1.54) is 0 Å². The van der Waals surface area contributed by atoms with Gasteiger partial charge in [-0.15, -0.1) is 10.2 Å². The Morgan fingerprint density at radius 2 is 1.73 bits per heavy atom. The molecule has 1 fully saturated rings. The van der Waals surface area contributed by atoms with Gasteiger partial charge in [-0.3, -0.25) is 4.57 Å². The third kappa shape index (κ3) is 3.61. The van der Waals surface area contributed by atoms with Crippen molar-refractivity contribution in [1.29, 1.82) is 0 Å². The first-order valence-corrected chi connectivity index (χ1v) is 11.0. The Hall–Kier alpha value is -2.84. The van der Waals surface area contributed by atoms with Crippen molar-refractivity contribution in [2.45, 2.75) is 37.8 Å². The van der Waals surface area contributed by atoms with Crippen LogP contribution in [0.1, 0.15) is 31.4 Å². The maximum atomic E-state index is 13.6. The molecule has 170 valence electrons. The first kappa shape index (κ1) is 22.0. The Bertz CT molecular complexity index is 1320. The second-order valence-corrected chi connectivity index (χ2v) is 8.71.